The highest BCUT2D eigenvalue weighted by Gasteiger charge is 2.15. The first-order chi connectivity index (χ1) is 13.4. The van der Waals surface area contributed by atoms with Crippen molar-refractivity contribution in [3.05, 3.63) is 42.0 Å². The summed E-state index contributed by atoms with van der Waals surface area (Å²) >= 11 is 0. The van der Waals surface area contributed by atoms with Crippen molar-refractivity contribution in [2.75, 3.05) is 38.1 Å². The Morgan fingerprint density at radius 3 is 2.48 bits per heavy atom. The molecule has 29 heavy (non-hydrogen) atoms. The lowest BCUT2D eigenvalue weighted by atomic mass is 10.2. The average Bonchev–Trinajstić information content (AvgIpc) is 3.17. The lowest BCUT2D eigenvalue weighted by Crippen LogP contribution is -2.39. The molecule has 0 bridgehead atoms. The zero-order chi connectivity index (χ0) is 20.4. The number of carbonyl (C=O) groups is 1. The van der Waals surface area contributed by atoms with Gasteiger partial charge in [-0.05, 0) is 44.9 Å². The Labute approximate surface area is 191 Å². The summed E-state index contributed by atoms with van der Waals surface area (Å²) in [5.74, 6) is 0.741. The second kappa shape index (κ2) is 12.6. The summed E-state index contributed by atoms with van der Waals surface area (Å²) in [6.45, 7) is 9.43. The van der Waals surface area contributed by atoms with Crippen LogP contribution in [0.25, 0.3) is 0 Å². The fourth-order valence-electron chi connectivity index (χ4n) is 2.76. The van der Waals surface area contributed by atoms with Gasteiger partial charge in [-0.3, -0.25) is 4.99 Å². The largest absolute Gasteiger partial charge is 0.444 e. The zero-order valence-electron chi connectivity index (χ0n) is 17.8. The number of benzene rings is 1. The predicted molar refractivity (Wildman–Crippen MR) is 130 cm³/mol. The molecule has 1 amide bonds. The van der Waals surface area contributed by atoms with Gasteiger partial charge in [-0.15, -0.1) is 24.0 Å². The van der Waals surface area contributed by atoms with Gasteiger partial charge in [-0.1, -0.05) is 24.3 Å². The van der Waals surface area contributed by atoms with E-state index in [1.54, 1.807) is 7.05 Å². The molecule has 0 unspecified atom stereocenters. The highest BCUT2D eigenvalue weighted by atomic mass is 127. The van der Waals surface area contributed by atoms with Gasteiger partial charge >= 0.3 is 6.09 Å². The number of rotatable bonds is 7. The van der Waals surface area contributed by atoms with E-state index in [0.29, 0.717) is 19.6 Å². The van der Waals surface area contributed by atoms with E-state index in [0.717, 1.165) is 25.5 Å². The summed E-state index contributed by atoms with van der Waals surface area (Å²) in [5.41, 5.74) is 1.97. The summed E-state index contributed by atoms with van der Waals surface area (Å²) in [6, 6.07) is 8.54. The number of hydrogen-bond donors (Lipinski definition) is 3. The number of alkyl carbamates (subject to hydrolysis) is 1. The summed E-state index contributed by atoms with van der Waals surface area (Å²) < 4.78 is 5.21. The SMILES string of the molecule is CN=C(NCCCNC(=O)OC(C)(C)C)NCc1cccc(N2CC=CC2)c1.I. The minimum absolute atomic E-state index is 0. The number of anilines is 1. The molecule has 0 aromatic heterocycles. The van der Waals surface area contributed by atoms with Gasteiger partial charge in [0, 0.05) is 45.5 Å². The molecule has 1 aliphatic rings. The standard InChI is InChI=1S/C21H33N5O2.HI/c1-21(2,3)28-20(27)24-12-8-11-23-19(22-4)25-16-17-9-7-10-18(15-17)26-13-5-6-14-26;/h5-7,9-10,15H,8,11-14,16H2,1-4H3,(H,24,27)(H2,22,23,25);1H. The van der Waals surface area contributed by atoms with Crippen molar-refractivity contribution in [3.8, 4) is 0 Å². The van der Waals surface area contributed by atoms with Crippen LogP contribution >= 0.6 is 24.0 Å². The van der Waals surface area contributed by atoms with Crippen LogP contribution in [0.4, 0.5) is 10.5 Å². The van der Waals surface area contributed by atoms with Gasteiger partial charge in [0.1, 0.15) is 5.60 Å². The van der Waals surface area contributed by atoms with Gasteiger partial charge in [0.2, 0.25) is 0 Å². The summed E-state index contributed by atoms with van der Waals surface area (Å²) in [6.07, 6.45) is 4.77. The van der Waals surface area contributed by atoms with Crippen molar-refractivity contribution >= 4 is 41.7 Å². The monoisotopic (exact) mass is 515 g/mol. The fourth-order valence-corrected chi connectivity index (χ4v) is 2.76. The van der Waals surface area contributed by atoms with Gasteiger partial charge < -0.3 is 25.6 Å². The van der Waals surface area contributed by atoms with Crippen LogP contribution in [0.3, 0.4) is 0 Å². The maximum Gasteiger partial charge on any atom is 0.407 e. The molecule has 0 atom stereocenters. The molecule has 1 aromatic rings. The second-order valence-electron chi connectivity index (χ2n) is 7.68. The van der Waals surface area contributed by atoms with E-state index in [-0.39, 0.29) is 30.1 Å². The van der Waals surface area contributed by atoms with E-state index in [9.17, 15) is 4.79 Å². The molecule has 162 valence electrons. The van der Waals surface area contributed by atoms with Crippen molar-refractivity contribution in [1.82, 2.24) is 16.0 Å². The summed E-state index contributed by atoms with van der Waals surface area (Å²) in [5, 5.41) is 9.34. The van der Waals surface area contributed by atoms with Gasteiger partial charge in [-0.2, -0.15) is 0 Å². The molecular formula is C21H34IN5O2. The third-order valence-corrected chi connectivity index (χ3v) is 4.09. The Kier molecular flexibility index (Phi) is 10.9. The lowest BCUT2D eigenvalue weighted by Gasteiger charge is -2.20. The molecule has 7 nitrogen and oxygen atoms in total. The Bertz CT molecular complexity index is 693. The highest BCUT2D eigenvalue weighted by molar-refractivity contribution is 14.0. The summed E-state index contributed by atoms with van der Waals surface area (Å²) in [7, 11) is 1.75. The number of hydrogen-bond acceptors (Lipinski definition) is 4. The first-order valence-corrected chi connectivity index (χ1v) is 9.77. The van der Waals surface area contributed by atoms with Crippen LogP contribution in [0.1, 0.15) is 32.8 Å². The summed E-state index contributed by atoms with van der Waals surface area (Å²) in [4.78, 5) is 18.2. The molecule has 1 heterocycles. The van der Waals surface area contributed by atoms with E-state index < -0.39 is 5.60 Å². The molecular weight excluding hydrogens is 481 g/mol. The maximum atomic E-state index is 11.6. The Balaban J connectivity index is 0.00000420. The third-order valence-electron chi connectivity index (χ3n) is 4.09. The number of guanidine groups is 1. The van der Waals surface area contributed by atoms with Crippen molar-refractivity contribution < 1.29 is 9.53 Å². The molecule has 0 spiro atoms. The van der Waals surface area contributed by atoms with Crippen molar-refractivity contribution in [1.29, 1.82) is 0 Å². The number of carbonyl (C=O) groups excluding carboxylic acids is 1. The van der Waals surface area contributed by atoms with Gasteiger partial charge in [0.25, 0.3) is 0 Å². The lowest BCUT2D eigenvalue weighted by molar-refractivity contribution is 0.0527. The van der Waals surface area contributed by atoms with Gasteiger partial charge in [0.05, 0.1) is 0 Å². The van der Waals surface area contributed by atoms with Crippen LogP contribution in [0.15, 0.2) is 41.4 Å². The molecule has 1 aromatic carbocycles. The average molecular weight is 515 g/mol. The van der Waals surface area contributed by atoms with E-state index >= 15 is 0 Å². The Morgan fingerprint density at radius 1 is 1.14 bits per heavy atom. The quantitative estimate of drug-likeness (QED) is 0.171. The normalized spacial score (nSPS) is 13.7. The highest BCUT2D eigenvalue weighted by Crippen LogP contribution is 2.18. The number of ether oxygens (including phenoxy) is 1. The molecule has 3 N–H and O–H groups in total. The number of nitrogens with one attached hydrogen (secondary N) is 3. The Hall–Kier alpha value is -1.97. The topological polar surface area (TPSA) is 78.0 Å². The van der Waals surface area contributed by atoms with Crippen LogP contribution in [0.5, 0.6) is 0 Å². The first-order valence-electron chi connectivity index (χ1n) is 9.77. The molecule has 0 saturated carbocycles. The first kappa shape index (κ1) is 25.1. The molecule has 1 aliphatic heterocycles. The molecule has 0 fully saturated rings. The predicted octanol–water partition coefficient (Wildman–Crippen LogP) is 3.26. The van der Waals surface area contributed by atoms with E-state index in [2.05, 4.69) is 62.3 Å². The second-order valence-corrected chi connectivity index (χ2v) is 7.68. The maximum absolute atomic E-state index is 11.6. The van der Waals surface area contributed by atoms with Crippen LogP contribution in [0, 0.1) is 0 Å². The van der Waals surface area contributed by atoms with Gasteiger partial charge in [0.15, 0.2) is 5.96 Å². The third kappa shape index (κ3) is 9.87. The van der Waals surface area contributed by atoms with Gasteiger partial charge in [-0.25, -0.2) is 4.79 Å². The molecule has 8 heteroatoms. The van der Waals surface area contributed by atoms with Crippen LogP contribution in [-0.4, -0.2) is 50.9 Å². The minimum atomic E-state index is -0.475. The number of aliphatic imine (C=N–C) groups is 1. The fraction of sp³-hybridized carbons (Fsp3) is 0.524. The van der Waals surface area contributed by atoms with E-state index in [4.69, 9.17) is 4.74 Å². The van der Waals surface area contributed by atoms with Crippen molar-refractivity contribution in [2.45, 2.75) is 39.3 Å². The van der Waals surface area contributed by atoms with E-state index in [1.807, 2.05) is 20.8 Å². The van der Waals surface area contributed by atoms with Crippen LogP contribution in [-0.2, 0) is 11.3 Å². The minimum Gasteiger partial charge on any atom is -0.444 e. The van der Waals surface area contributed by atoms with Crippen molar-refractivity contribution in [3.63, 3.8) is 0 Å². The molecule has 0 saturated heterocycles. The van der Waals surface area contributed by atoms with E-state index in [1.165, 1.54) is 11.3 Å². The Morgan fingerprint density at radius 2 is 1.83 bits per heavy atom. The molecule has 0 aliphatic carbocycles. The molecule has 0 radical (unpaired) electrons. The number of halogens is 1. The zero-order valence-corrected chi connectivity index (χ0v) is 20.2. The smallest absolute Gasteiger partial charge is 0.407 e. The van der Waals surface area contributed by atoms with Crippen molar-refractivity contribution in [2.24, 2.45) is 4.99 Å². The van der Waals surface area contributed by atoms with Crippen LogP contribution in [0.2, 0.25) is 0 Å². The molecule has 2 rings (SSSR count). The number of amides is 1. The van der Waals surface area contributed by atoms with Crippen LogP contribution < -0.4 is 20.9 Å². The number of nitrogens with zero attached hydrogens (tertiary/aromatic N) is 2.